The predicted octanol–water partition coefficient (Wildman–Crippen LogP) is 7.17. The number of piperidine rings is 2. The van der Waals surface area contributed by atoms with E-state index in [1.54, 1.807) is 29.2 Å². The van der Waals surface area contributed by atoms with Crippen LogP contribution in [0.3, 0.4) is 0 Å². The van der Waals surface area contributed by atoms with Crippen molar-refractivity contribution in [1.82, 2.24) is 19.4 Å². The third kappa shape index (κ3) is 4.94. The van der Waals surface area contributed by atoms with Crippen molar-refractivity contribution in [2.24, 2.45) is 0 Å². The number of amides is 1. The topological polar surface area (TPSA) is 41.4 Å². The van der Waals surface area contributed by atoms with Crippen LogP contribution >= 0.6 is 0 Å². The van der Waals surface area contributed by atoms with E-state index in [9.17, 15) is 4.79 Å². The van der Waals surface area contributed by atoms with Crippen LogP contribution in [0, 0.1) is 6.92 Å². The van der Waals surface area contributed by atoms with Gasteiger partial charge in [-0.1, -0.05) is 72.8 Å². The summed E-state index contributed by atoms with van der Waals surface area (Å²) in [6.45, 7) is 4.43. The summed E-state index contributed by atoms with van der Waals surface area (Å²) in [5, 5.41) is 0. The van der Waals surface area contributed by atoms with Crippen molar-refractivity contribution in [3.63, 3.8) is 0 Å². The Morgan fingerprint density at radius 1 is 0.881 bits per heavy atom. The van der Waals surface area contributed by atoms with E-state index < -0.39 is 12.1 Å². The number of likely N-dealkylation sites (tertiary alicyclic amines) is 1. The maximum absolute atomic E-state index is 15.2. The summed E-state index contributed by atoms with van der Waals surface area (Å²) < 4.78 is 17.7. The highest BCUT2D eigenvalue weighted by atomic mass is 19.1. The maximum Gasteiger partial charge on any atom is 0.261 e. The summed E-state index contributed by atoms with van der Waals surface area (Å²) in [6.07, 6.45) is 6.11. The first-order valence-electron chi connectivity index (χ1n) is 15.7. The van der Waals surface area contributed by atoms with Gasteiger partial charge in [0.25, 0.3) is 5.91 Å². The Hall–Kier alpha value is -3.51. The van der Waals surface area contributed by atoms with Gasteiger partial charge in [-0.3, -0.25) is 9.69 Å². The lowest BCUT2D eigenvalue weighted by Crippen LogP contribution is -2.49. The third-order valence-electron chi connectivity index (χ3n) is 10.6. The van der Waals surface area contributed by atoms with Gasteiger partial charge in [-0.2, -0.15) is 0 Å². The molecule has 3 saturated heterocycles. The third-order valence-corrected chi connectivity index (χ3v) is 10.6. The molecule has 0 saturated carbocycles. The fourth-order valence-electron chi connectivity index (χ4n) is 8.35. The molecule has 4 aromatic rings. The van der Waals surface area contributed by atoms with Crippen LogP contribution in [0.4, 0.5) is 4.39 Å². The van der Waals surface area contributed by atoms with E-state index in [1.807, 2.05) is 6.07 Å². The molecule has 0 radical (unpaired) electrons. The molecule has 4 heterocycles. The quantitative estimate of drug-likeness (QED) is 0.239. The highest BCUT2D eigenvalue weighted by Gasteiger charge is 2.44. The van der Waals surface area contributed by atoms with Gasteiger partial charge < -0.3 is 9.47 Å². The van der Waals surface area contributed by atoms with Gasteiger partial charge in [0, 0.05) is 31.2 Å². The zero-order valence-corrected chi connectivity index (χ0v) is 24.5. The average molecular weight is 565 g/mol. The summed E-state index contributed by atoms with van der Waals surface area (Å²) in [6, 6.07) is 29.9. The molecule has 0 aliphatic carbocycles. The molecular formula is C36H41FN4O. The Morgan fingerprint density at radius 2 is 1.50 bits per heavy atom. The smallest absolute Gasteiger partial charge is 0.261 e. The normalized spacial score (nSPS) is 24.6. The van der Waals surface area contributed by atoms with E-state index in [1.165, 1.54) is 36.8 Å². The number of para-hydroxylation sites is 2. The monoisotopic (exact) mass is 564 g/mol. The maximum atomic E-state index is 15.2. The van der Waals surface area contributed by atoms with Crippen molar-refractivity contribution >= 4 is 16.9 Å². The zero-order valence-electron chi connectivity index (χ0n) is 24.5. The summed E-state index contributed by atoms with van der Waals surface area (Å²) >= 11 is 0. The zero-order chi connectivity index (χ0) is 28.7. The van der Waals surface area contributed by atoms with Crippen LogP contribution in [0.5, 0.6) is 0 Å². The molecule has 0 N–H and O–H groups in total. The van der Waals surface area contributed by atoms with E-state index in [4.69, 9.17) is 4.98 Å². The number of fused-ring (bicyclic) bond motifs is 3. The fraction of sp³-hybridized carbons (Fsp3) is 0.444. The number of rotatable bonds is 7. The minimum absolute atomic E-state index is 0.00399. The number of imidazole rings is 1. The first-order valence-corrected chi connectivity index (χ1v) is 15.7. The number of hydrogen-bond donors (Lipinski definition) is 0. The molecule has 3 aliphatic rings. The van der Waals surface area contributed by atoms with E-state index in [0.717, 1.165) is 37.1 Å². The summed E-state index contributed by atoms with van der Waals surface area (Å²) in [5.74, 6) is 0.728. The van der Waals surface area contributed by atoms with Crippen molar-refractivity contribution < 1.29 is 9.18 Å². The molecule has 1 amide bonds. The van der Waals surface area contributed by atoms with Crippen LogP contribution < -0.4 is 0 Å². The summed E-state index contributed by atoms with van der Waals surface area (Å²) in [4.78, 5) is 22.5. The Balaban J connectivity index is 1.05. The molecule has 3 aliphatic heterocycles. The molecule has 2 bridgehead atoms. The number of hydrogen-bond acceptors (Lipinski definition) is 3. The summed E-state index contributed by atoms with van der Waals surface area (Å²) in [5.41, 5.74) is 4.17. The number of carbonyl (C=O) groups excluding carboxylic acids is 1. The van der Waals surface area contributed by atoms with Gasteiger partial charge in [0.15, 0.2) is 0 Å². The summed E-state index contributed by atoms with van der Waals surface area (Å²) in [7, 11) is 0. The van der Waals surface area contributed by atoms with E-state index in [0.29, 0.717) is 36.8 Å². The number of benzene rings is 3. The number of nitrogens with zero attached hydrogens (tertiary/aromatic N) is 4. The second-order valence-corrected chi connectivity index (χ2v) is 12.8. The second-order valence-electron chi connectivity index (χ2n) is 12.8. The Labute approximate surface area is 248 Å². The van der Waals surface area contributed by atoms with Gasteiger partial charge >= 0.3 is 0 Å². The number of aromatic nitrogens is 2. The Bertz CT molecular complexity index is 1510. The Morgan fingerprint density at radius 3 is 2.19 bits per heavy atom. The highest BCUT2D eigenvalue weighted by Crippen LogP contribution is 2.45. The van der Waals surface area contributed by atoms with Crippen molar-refractivity contribution in [3.8, 4) is 0 Å². The van der Waals surface area contributed by atoms with Crippen LogP contribution in [-0.4, -0.2) is 57.0 Å². The van der Waals surface area contributed by atoms with E-state index >= 15 is 4.39 Å². The lowest BCUT2D eigenvalue weighted by molar-refractivity contribution is -0.138. The lowest BCUT2D eigenvalue weighted by Gasteiger charge is -2.46. The van der Waals surface area contributed by atoms with Gasteiger partial charge in [-0.25, -0.2) is 9.37 Å². The molecule has 4 atom stereocenters. The van der Waals surface area contributed by atoms with Crippen molar-refractivity contribution in [1.29, 1.82) is 0 Å². The minimum atomic E-state index is -1.59. The van der Waals surface area contributed by atoms with Gasteiger partial charge in [0.2, 0.25) is 6.17 Å². The van der Waals surface area contributed by atoms with E-state index in [2.05, 4.69) is 71.0 Å². The molecule has 3 fully saturated rings. The molecule has 6 heteroatoms. The van der Waals surface area contributed by atoms with Crippen molar-refractivity contribution in [3.05, 3.63) is 102 Å². The first kappa shape index (κ1) is 27.3. The number of halogens is 1. The number of aryl methyl sites for hydroxylation is 1. The van der Waals surface area contributed by atoms with Crippen LogP contribution in [-0.2, 0) is 10.2 Å². The molecular weight excluding hydrogens is 523 g/mol. The SMILES string of the molecule is Cc1nc2ccccc2n1[C@H]1C[C@H]2CC[C@@H](C1)N2CCC1(c2ccccc2)CCN(C(=O)C(F)c2ccccc2)CC1. The molecule has 1 unspecified atom stereocenters. The van der Waals surface area contributed by atoms with Gasteiger partial charge in [0.1, 0.15) is 5.82 Å². The standard InChI is InChI=1S/C36H41FN4O/c1-26-38-32-14-8-9-15-33(32)41(26)31-24-29-16-17-30(25-31)40(29)23-20-36(28-12-6-3-7-13-28)18-21-39(22-19-36)35(42)34(37)27-10-4-2-5-11-27/h2-15,29-31,34H,16-25H2,1H3/t29-,30+,31+,34?. The Kier molecular flexibility index (Phi) is 7.35. The average Bonchev–Trinajstić information content (AvgIpc) is 3.50. The van der Waals surface area contributed by atoms with Crippen molar-refractivity contribution in [2.75, 3.05) is 19.6 Å². The molecule has 1 aromatic heterocycles. The minimum Gasteiger partial charge on any atom is -0.340 e. The van der Waals surface area contributed by atoms with Crippen LogP contribution in [0.2, 0.25) is 0 Å². The number of carbonyl (C=O) groups is 1. The van der Waals surface area contributed by atoms with Crippen LogP contribution in [0.25, 0.3) is 11.0 Å². The van der Waals surface area contributed by atoms with Gasteiger partial charge in [0.05, 0.1) is 11.0 Å². The number of alkyl halides is 1. The first-order chi connectivity index (χ1) is 20.5. The van der Waals surface area contributed by atoms with Gasteiger partial charge in [-0.15, -0.1) is 0 Å². The van der Waals surface area contributed by atoms with Crippen molar-refractivity contribution in [2.45, 2.75) is 81.6 Å². The molecule has 42 heavy (non-hydrogen) atoms. The highest BCUT2D eigenvalue weighted by molar-refractivity contribution is 5.82. The van der Waals surface area contributed by atoms with Crippen LogP contribution in [0.15, 0.2) is 84.9 Å². The second kappa shape index (κ2) is 11.3. The molecule has 7 rings (SSSR count). The molecule has 0 spiro atoms. The fourth-order valence-corrected chi connectivity index (χ4v) is 8.35. The van der Waals surface area contributed by atoms with Gasteiger partial charge in [-0.05, 0) is 87.1 Å². The molecule has 3 aromatic carbocycles. The lowest BCUT2D eigenvalue weighted by atomic mass is 9.70. The van der Waals surface area contributed by atoms with E-state index in [-0.39, 0.29) is 5.41 Å². The van der Waals surface area contributed by atoms with Crippen LogP contribution in [0.1, 0.15) is 74.1 Å². The molecule has 5 nitrogen and oxygen atoms in total. The largest absolute Gasteiger partial charge is 0.340 e. The predicted molar refractivity (Wildman–Crippen MR) is 165 cm³/mol. The molecule has 218 valence electrons.